The van der Waals surface area contributed by atoms with Crippen molar-refractivity contribution in [2.24, 2.45) is 0 Å². The molecule has 0 N–H and O–H groups in total. The maximum absolute atomic E-state index is 4.35. The summed E-state index contributed by atoms with van der Waals surface area (Å²) in [6.45, 7) is 8.57. The van der Waals surface area contributed by atoms with E-state index in [9.17, 15) is 0 Å². The van der Waals surface area contributed by atoms with Crippen molar-refractivity contribution >= 4 is 140 Å². The van der Waals surface area contributed by atoms with Gasteiger partial charge in [0.05, 0.1) is 17.1 Å². The third-order valence-corrected chi connectivity index (χ3v) is 14.8. The lowest BCUT2D eigenvalue weighted by molar-refractivity contribution is 1.24. The normalized spacial score (nSPS) is 12.6. The van der Waals surface area contributed by atoms with Crippen molar-refractivity contribution in [3.8, 4) is 0 Å². The minimum atomic E-state index is -0.122. The monoisotopic (exact) mass is 889 g/mol. The van der Waals surface area contributed by atoms with Crippen molar-refractivity contribution in [2.75, 3.05) is 14.7 Å². The van der Waals surface area contributed by atoms with Gasteiger partial charge in [-0.05, 0) is 131 Å². The Hall–Kier alpha value is -9.12. The third-order valence-electron chi connectivity index (χ3n) is 14.8. The van der Waals surface area contributed by atoms with Crippen LogP contribution in [0.4, 0.5) is 51.2 Å². The van der Waals surface area contributed by atoms with Crippen LogP contribution in [0.1, 0.15) is 11.1 Å². The van der Waals surface area contributed by atoms with Crippen LogP contribution in [-0.2, 0) is 0 Å². The lowest BCUT2D eigenvalue weighted by atomic mass is 9.33. The lowest BCUT2D eigenvalue weighted by Crippen LogP contribution is -2.61. The van der Waals surface area contributed by atoms with E-state index in [1.54, 1.807) is 0 Å². The molecular weight excluding hydrogens is 846 g/mol. The van der Waals surface area contributed by atoms with E-state index < -0.39 is 0 Å². The van der Waals surface area contributed by atoms with Crippen LogP contribution in [0.5, 0.6) is 0 Å². The molecule has 70 heavy (non-hydrogen) atoms. The van der Waals surface area contributed by atoms with Gasteiger partial charge in [0.2, 0.25) is 0 Å². The molecule has 0 radical (unpaired) electrons. The molecule has 2 aliphatic rings. The van der Waals surface area contributed by atoms with Gasteiger partial charge in [-0.1, -0.05) is 195 Å². The standard InChI is InChI=1S/C66H44BN3/c1-3-43-37-58-62(39-44(43)4-2)68(53-33-31-45-17-5-7-21-49(45)35-53)64-41-55(70(60-29-15-25-47-19-11-13-27-56(47)60)61-30-16-26-48-20-12-14-28-57(48)61)42-65-66(64)67(58)59-38-51-23-9-10-24-52(51)40-63(59)69(65)54-34-32-46-18-6-8-22-50(46)36-54/h3-42H,1-2H2. The van der Waals surface area contributed by atoms with Gasteiger partial charge in [0, 0.05) is 44.9 Å². The lowest BCUT2D eigenvalue weighted by Gasteiger charge is -2.45. The molecule has 14 rings (SSSR count). The molecule has 0 amide bonds. The number of anilines is 9. The van der Waals surface area contributed by atoms with Gasteiger partial charge in [-0.25, -0.2) is 0 Å². The van der Waals surface area contributed by atoms with Gasteiger partial charge in [-0.2, -0.15) is 0 Å². The van der Waals surface area contributed by atoms with E-state index in [1.165, 1.54) is 70.3 Å². The number of hydrogen-bond acceptors (Lipinski definition) is 3. The Labute approximate surface area is 407 Å². The molecule has 0 spiro atoms. The Morgan fingerprint density at radius 2 is 0.757 bits per heavy atom. The van der Waals surface area contributed by atoms with E-state index in [0.717, 1.165) is 62.3 Å². The second kappa shape index (κ2) is 15.7. The summed E-state index contributed by atoms with van der Waals surface area (Å²) < 4.78 is 0. The summed E-state index contributed by atoms with van der Waals surface area (Å²) in [5.74, 6) is 0. The molecule has 0 saturated carbocycles. The van der Waals surface area contributed by atoms with Crippen LogP contribution in [0.15, 0.2) is 244 Å². The quantitative estimate of drug-likeness (QED) is 0.148. The Kier molecular flexibility index (Phi) is 8.99. The number of benzene rings is 12. The van der Waals surface area contributed by atoms with Gasteiger partial charge in [0.25, 0.3) is 6.71 Å². The minimum Gasteiger partial charge on any atom is -0.311 e. The molecule has 0 aliphatic carbocycles. The van der Waals surface area contributed by atoms with Crippen LogP contribution in [0.3, 0.4) is 0 Å². The van der Waals surface area contributed by atoms with Crippen LogP contribution >= 0.6 is 0 Å². The second-order valence-corrected chi connectivity index (χ2v) is 18.6. The molecule has 3 nitrogen and oxygen atoms in total. The van der Waals surface area contributed by atoms with Crippen molar-refractivity contribution < 1.29 is 0 Å². The molecule has 12 aromatic carbocycles. The molecule has 0 bridgehead atoms. The molecule has 12 aromatic rings. The van der Waals surface area contributed by atoms with Gasteiger partial charge in [-0.3, -0.25) is 0 Å². The van der Waals surface area contributed by atoms with Crippen LogP contribution in [0.2, 0.25) is 0 Å². The predicted molar refractivity (Wildman–Crippen MR) is 303 cm³/mol. The Morgan fingerprint density at radius 3 is 1.29 bits per heavy atom. The maximum Gasteiger partial charge on any atom is 0.252 e. The van der Waals surface area contributed by atoms with Crippen LogP contribution in [0.25, 0.3) is 66.0 Å². The maximum atomic E-state index is 4.35. The summed E-state index contributed by atoms with van der Waals surface area (Å²) in [5, 5.41) is 11.9. The highest BCUT2D eigenvalue weighted by Gasteiger charge is 2.44. The van der Waals surface area contributed by atoms with Crippen molar-refractivity contribution in [3.63, 3.8) is 0 Å². The SMILES string of the molecule is C=Cc1cc2c(cc1C=C)N(c1ccc3ccccc3c1)c1cc(N(c3cccc4ccccc34)c3cccc4ccccc34)cc3c1B2c1cc2ccccc2cc1N3c1ccc2ccccc2c1. The van der Waals surface area contributed by atoms with Crippen molar-refractivity contribution in [2.45, 2.75) is 0 Å². The van der Waals surface area contributed by atoms with Crippen LogP contribution in [0, 0.1) is 0 Å². The summed E-state index contributed by atoms with van der Waals surface area (Å²) in [6, 6.07) is 85.5. The number of fused-ring (bicyclic) bond motifs is 9. The number of hydrogen-bond donors (Lipinski definition) is 0. The average molecular weight is 890 g/mol. The molecule has 0 unspecified atom stereocenters. The van der Waals surface area contributed by atoms with E-state index in [1.807, 2.05) is 12.2 Å². The Balaban J connectivity index is 1.17. The summed E-state index contributed by atoms with van der Waals surface area (Å²) in [6.07, 6.45) is 3.95. The topological polar surface area (TPSA) is 9.72 Å². The highest BCUT2D eigenvalue weighted by Crippen LogP contribution is 2.51. The molecule has 0 atom stereocenters. The summed E-state index contributed by atoms with van der Waals surface area (Å²) in [4.78, 5) is 7.58. The van der Waals surface area contributed by atoms with Crippen molar-refractivity contribution in [3.05, 3.63) is 255 Å². The first-order valence-electron chi connectivity index (χ1n) is 24.1. The van der Waals surface area contributed by atoms with Crippen LogP contribution in [-0.4, -0.2) is 6.71 Å². The zero-order chi connectivity index (χ0) is 46.5. The average Bonchev–Trinajstić information content (AvgIpc) is 3.42. The summed E-state index contributed by atoms with van der Waals surface area (Å²) >= 11 is 0. The van der Waals surface area contributed by atoms with Gasteiger partial charge in [-0.15, -0.1) is 0 Å². The zero-order valence-electron chi connectivity index (χ0n) is 38.4. The van der Waals surface area contributed by atoms with Gasteiger partial charge in [0.1, 0.15) is 0 Å². The van der Waals surface area contributed by atoms with E-state index >= 15 is 0 Å². The molecule has 2 aliphatic heterocycles. The highest BCUT2D eigenvalue weighted by molar-refractivity contribution is 7.00. The Morgan fingerprint density at radius 1 is 0.343 bits per heavy atom. The first kappa shape index (κ1) is 40.0. The molecule has 4 heteroatoms. The zero-order valence-corrected chi connectivity index (χ0v) is 38.4. The fourth-order valence-electron chi connectivity index (χ4n) is 11.6. The number of rotatable bonds is 7. The van der Waals surface area contributed by atoms with E-state index in [4.69, 9.17) is 0 Å². The molecule has 0 saturated heterocycles. The summed E-state index contributed by atoms with van der Waals surface area (Å²) in [7, 11) is 0. The van der Waals surface area contributed by atoms with Crippen molar-refractivity contribution in [1.29, 1.82) is 0 Å². The molecule has 0 fully saturated rings. The fourth-order valence-corrected chi connectivity index (χ4v) is 11.6. The molecular formula is C66H44BN3. The minimum absolute atomic E-state index is 0.122. The first-order valence-corrected chi connectivity index (χ1v) is 24.1. The predicted octanol–water partition coefficient (Wildman–Crippen LogP) is 16.3. The third kappa shape index (κ3) is 6.10. The van der Waals surface area contributed by atoms with E-state index in [-0.39, 0.29) is 6.71 Å². The first-order chi connectivity index (χ1) is 34.6. The largest absolute Gasteiger partial charge is 0.311 e. The van der Waals surface area contributed by atoms with Gasteiger partial charge < -0.3 is 14.7 Å². The molecule has 2 heterocycles. The highest BCUT2D eigenvalue weighted by atomic mass is 15.2. The second-order valence-electron chi connectivity index (χ2n) is 18.6. The smallest absolute Gasteiger partial charge is 0.252 e. The Bertz CT molecular complexity index is 4080. The van der Waals surface area contributed by atoms with E-state index in [2.05, 4.69) is 258 Å². The molecule has 326 valence electrons. The van der Waals surface area contributed by atoms with E-state index in [0.29, 0.717) is 0 Å². The van der Waals surface area contributed by atoms with Crippen molar-refractivity contribution in [1.82, 2.24) is 0 Å². The van der Waals surface area contributed by atoms with Gasteiger partial charge in [0.15, 0.2) is 0 Å². The van der Waals surface area contributed by atoms with Gasteiger partial charge >= 0.3 is 0 Å². The fraction of sp³-hybridized carbons (Fsp3) is 0. The summed E-state index contributed by atoms with van der Waals surface area (Å²) in [5.41, 5.74) is 15.8. The van der Waals surface area contributed by atoms with Crippen LogP contribution < -0.4 is 31.1 Å². The number of nitrogens with zero attached hydrogens (tertiary/aromatic N) is 3. The molecule has 0 aromatic heterocycles.